The lowest BCUT2D eigenvalue weighted by molar-refractivity contribution is -0.119. The molecule has 1 aromatic carbocycles. The minimum atomic E-state index is 0. The first-order valence-corrected chi connectivity index (χ1v) is 11.5. The molecule has 1 aliphatic heterocycles. The Kier molecular flexibility index (Phi) is 12.2. The van der Waals surface area contributed by atoms with Crippen LogP contribution < -0.4 is 16.0 Å². The largest absolute Gasteiger partial charge is 0.379 e. The summed E-state index contributed by atoms with van der Waals surface area (Å²) in [6.45, 7) is 9.20. The van der Waals surface area contributed by atoms with Crippen molar-refractivity contribution < 1.29 is 9.53 Å². The zero-order valence-corrected chi connectivity index (χ0v) is 21.0. The Morgan fingerprint density at radius 2 is 1.97 bits per heavy atom. The summed E-state index contributed by atoms with van der Waals surface area (Å²) >= 11 is 0. The third-order valence-corrected chi connectivity index (χ3v) is 5.73. The Balaban J connectivity index is 0.00000341. The summed E-state index contributed by atoms with van der Waals surface area (Å²) in [7, 11) is 0. The monoisotopic (exact) mass is 543 g/mol. The third-order valence-electron chi connectivity index (χ3n) is 5.73. The highest BCUT2D eigenvalue weighted by Gasteiger charge is 2.22. The van der Waals surface area contributed by atoms with Gasteiger partial charge in [0.2, 0.25) is 5.91 Å². The number of hydrogen-bond acceptors (Lipinski definition) is 4. The second-order valence-electron chi connectivity index (χ2n) is 8.10. The number of ether oxygens (including phenoxy) is 1. The summed E-state index contributed by atoms with van der Waals surface area (Å²) in [5.74, 6) is 1.16. The van der Waals surface area contributed by atoms with E-state index in [4.69, 9.17) is 9.73 Å². The van der Waals surface area contributed by atoms with Crippen molar-refractivity contribution in [3.63, 3.8) is 0 Å². The van der Waals surface area contributed by atoms with Crippen molar-refractivity contribution in [3.8, 4) is 0 Å². The lowest BCUT2D eigenvalue weighted by atomic mass is 10.1. The quantitative estimate of drug-likeness (QED) is 0.193. The van der Waals surface area contributed by atoms with Gasteiger partial charge in [-0.05, 0) is 50.4 Å². The molecule has 0 spiro atoms. The summed E-state index contributed by atoms with van der Waals surface area (Å²) in [5, 5.41) is 9.81. The Morgan fingerprint density at radius 3 is 2.71 bits per heavy atom. The Labute approximate surface area is 203 Å². The predicted octanol–water partition coefficient (Wildman–Crippen LogP) is 3.21. The van der Waals surface area contributed by atoms with E-state index in [0.29, 0.717) is 6.54 Å². The number of anilines is 1. The van der Waals surface area contributed by atoms with Gasteiger partial charge in [-0.25, -0.2) is 4.99 Å². The second-order valence-corrected chi connectivity index (χ2v) is 8.10. The fourth-order valence-corrected chi connectivity index (χ4v) is 4.03. The van der Waals surface area contributed by atoms with Gasteiger partial charge in [-0.3, -0.25) is 9.69 Å². The van der Waals surface area contributed by atoms with Crippen LogP contribution in [0.25, 0.3) is 0 Å². The number of halogens is 1. The topological polar surface area (TPSA) is 78.0 Å². The van der Waals surface area contributed by atoms with E-state index < -0.39 is 0 Å². The maximum Gasteiger partial charge on any atom is 0.227 e. The molecule has 1 saturated carbocycles. The van der Waals surface area contributed by atoms with Crippen molar-refractivity contribution >= 4 is 41.5 Å². The van der Waals surface area contributed by atoms with Crippen molar-refractivity contribution in [2.45, 2.75) is 45.6 Å². The number of carbonyl (C=O) groups excluding carboxylic acids is 1. The van der Waals surface area contributed by atoms with Crippen LogP contribution in [0.2, 0.25) is 0 Å². The van der Waals surface area contributed by atoms with Gasteiger partial charge in [0, 0.05) is 37.8 Å². The van der Waals surface area contributed by atoms with Gasteiger partial charge in [0.15, 0.2) is 5.96 Å². The fourth-order valence-electron chi connectivity index (χ4n) is 4.03. The van der Waals surface area contributed by atoms with Crippen molar-refractivity contribution in [1.82, 2.24) is 15.5 Å². The van der Waals surface area contributed by atoms with Crippen LogP contribution in [0.1, 0.15) is 44.6 Å². The van der Waals surface area contributed by atoms with Crippen LogP contribution in [-0.2, 0) is 16.1 Å². The first kappa shape index (κ1) is 25.9. The number of aliphatic imine (C=N–C) groups is 1. The first-order chi connectivity index (χ1) is 14.7. The number of carbonyl (C=O) groups is 1. The highest BCUT2D eigenvalue weighted by molar-refractivity contribution is 14.0. The summed E-state index contributed by atoms with van der Waals surface area (Å²) in [4.78, 5) is 19.5. The molecule has 1 aliphatic carbocycles. The molecule has 1 aromatic rings. The zero-order chi connectivity index (χ0) is 21.0. The Morgan fingerprint density at radius 1 is 1.19 bits per heavy atom. The molecular formula is C23H38IN5O2. The molecule has 8 heteroatoms. The van der Waals surface area contributed by atoms with E-state index in [1.54, 1.807) is 0 Å². The highest BCUT2D eigenvalue weighted by Crippen LogP contribution is 2.26. The minimum Gasteiger partial charge on any atom is -0.379 e. The molecule has 2 aliphatic rings. The molecule has 0 atom stereocenters. The molecule has 3 N–H and O–H groups in total. The van der Waals surface area contributed by atoms with Crippen LogP contribution in [0, 0.1) is 5.92 Å². The molecule has 1 saturated heterocycles. The zero-order valence-electron chi connectivity index (χ0n) is 18.7. The van der Waals surface area contributed by atoms with Crippen LogP contribution in [0.5, 0.6) is 0 Å². The predicted molar refractivity (Wildman–Crippen MR) is 137 cm³/mol. The number of morpholine rings is 1. The van der Waals surface area contributed by atoms with Gasteiger partial charge >= 0.3 is 0 Å². The SMILES string of the molecule is CCNC(=NCc1cccc(NC(=O)C2CCCC2)c1)NCCCN1CCOCC1.I. The molecule has 2 fully saturated rings. The Hall–Kier alpha value is -1.39. The number of rotatable bonds is 9. The standard InChI is InChI=1S/C23H37N5O2.HI/c1-2-24-23(25-11-6-12-28-13-15-30-16-14-28)26-18-19-7-5-10-21(17-19)27-22(29)20-8-3-4-9-20;/h5,7,10,17,20H,2-4,6,8-9,11-16,18H2,1H3,(H,27,29)(H2,24,25,26);1H. The van der Waals surface area contributed by atoms with Gasteiger partial charge in [0.1, 0.15) is 0 Å². The minimum absolute atomic E-state index is 0. The lowest BCUT2D eigenvalue weighted by Gasteiger charge is -2.26. The second kappa shape index (κ2) is 14.6. The maximum atomic E-state index is 12.4. The Bertz CT molecular complexity index is 688. The van der Waals surface area contributed by atoms with E-state index in [2.05, 4.69) is 33.8 Å². The van der Waals surface area contributed by atoms with Crippen LogP contribution in [-0.4, -0.2) is 62.7 Å². The number of nitrogens with zero attached hydrogens (tertiary/aromatic N) is 2. The smallest absolute Gasteiger partial charge is 0.227 e. The number of guanidine groups is 1. The molecule has 0 unspecified atom stereocenters. The summed E-state index contributed by atoms with van der Waals surface area (Å²) in [6, 6.07) is 8.02. The van der Waals surface area contributed by atoms with Gasteiger partial charge in [-0.2, -0.15) is 0 Å². The van der Waals surface area contributed by atoms with Crippen molar-refractivity contribution in [3.05, 3.63) is 29.8 Å². The van der Waals surface area contributed by atoms with E-state index in [0.717, 1.165) is 82.4 Å². The summed E-state index contributed by atoms with van der Waals surface area (Å²) < 4.78 is 5.40. The van der Waals surface area contributed by atoms with Gasteiger partial charge in [0.05, 0.1) is 19.8 Å². The normalized spacial score (nSPS) is 17.8. The molecule has 0 aromatic heterocycles. The van der Waals surface area contributed by atoms with Crippen LogP contribution >= 0.6 is 24.0 Å². The van der Waals surface area contributed by atoms with Gasteiger partial charge in [0.25, 0.3) is 0 Å². The third kappa shape index (κ3) is 9.33. The molecule has 7 nitrogen and oxygen atoms in total. The molecule has 1 amide bonds. The van der Waals surface area contributed by atoms with Crippen LogP contribution in [0.15, 0.2) is 29.3 Å². The first-order valence-electron chi connectivity index (χ1n) is 11.5. The van der Waals surface area contributed by atoms with Crippen molar-refractivity contribution in [2.24, 2.45) is 10.9 Å². The van der Waals surface area contributed by atoms with E-state index >= 15 is 0 Å². The molecule has 0 bridgehead atoms. The lowest BCUT2D eigenvalue weighted by Crippen LogP contribution is -2.40. The average molecular weight is 543 g/mol. The maximum absolute atomic E-state index is 12.4. The van der Waals surface area contributed by atoms with Crippen molar-refractivity contribution in [1.29, 1.82) is 0 Å². The summed E-state index contributed by atoms with van der Waals surface area (Å²) in [5.41, 5.74) is 1.95. The average Bonchev–Trinajstić information content (AvgIpc) is 3.31. The highest BCUT2D eigenvalue weighted by atomic mass is 127. The molecule has 174 valence electrons. The summed E-state index contributed by atoms with van der Waals surface area (Å²) in [6.07, 6.45) is 5.43. The molecule has 31 heavy (non-hydrogen) atoms. The van der Waals surface area contributed by atoms with Crippen LogP contribution in [0.4, 0.5) is 5.69 Å². The van der Waals surface area contributed by atoms with E-state index in [1.807, 2.05) is 18.2 Å². The number of hydrogen-bond donors (Lipinski definition) is 3. The molecule has 1 heterocycles. The molecule has 0 radical (unpaired) electrons. The molecular weight excluding hydrogens is 505 g/mol. The molecule has 3 rings (SSSR count). The van der Waals surface area contributed by atoms with Gasteiger partial charge in [-0.15, -0.1) is 24.0 Å². The van der Waals surface area contributed by atoms with E-state index in [9.17, 15) is 4.79 Å². The van der Waals surface area contributed by atoms with E-state index in [1.165, 1.54) is 12.8 Å². The fraction of sp³-hybridized carbons (Fsp3) is 0.652. The number of amides is 1. The van der Waals surface area contributed by atoms with Gasteiger partial charge in [-0.1, -0.05) is 25.0 Å². The number of benzene rings is 1. The van der Waals surface area contributed by atoms with Crippen LogP contribution in [0.3, 0.4) is 0 Å². The number of nitrogens with one attached hydrogen (secondary N) is 3. The van der Waals surface area contributed by atoms with Gasteiger partial charge < -0.3 is 20.7 Å². The van der Waals surface area contributed by atoms with E-state index in [-0.39, 0.29) is 35.8 Å². The van der Waals surface area contributed by atoms with Crippen molar-refractivity contribution in [2.75, 3.05) is 51.3 Å².